The number of hydrogen-bond acceptors (Lipinski definition) is 1. The van der Waals surface area contributed by atoms with E-state index in [-0.39, 0.29) is 11.3 Å². The zero-order valence-electron chi connectivity index (χ0n) is 10.6. The van der Waals surface area contributed by atoms with Gasteiger partial charge < -0.3 is 4.90 Å². The van der Waals surface area contributed by atoms with Crippen molar-refractivity contribution in [2.45, 2.75) is 25.6 Å². The van der Waals surface area contributed by atoms with Gasteiger partial charge in [0.25, 0.3) is 5.91 Å². The molecule has 0 aliphatic carbocycles. The van der Waals surface area contributed by atoms with E-state index in [0.717, 1.165) is 28.6 Å². The molecule has 4 heteroatoms. The lowest BCUT2D eigenvalue weighted by Crippen LogP contribution is -2.44. The Morgan fingerprint density at radius 2 is 2.22 bits per heavy atom. The van der Waals surface area contributed by atoms with E-state index < -0.39 is 0 Å². The molecule has 18 heavy (non-hydrogen) atoms. The maximum absolute atomic E-state index is 12.5. The van der Waals surface area contributed by atoms with Crippen molar-refractivity contribution in [1.82, 2.24) is 4.90 Å². The minimum absolute atomic E-state index is 0.0650. The van der Waals surface area contributed by atoms with E-state index in [4.69, 9.17) is 11.6 Å². The van der Waals surface area contributed by atoms with Crippen LogP contribution in [0.5, 0.6) is 0 Å². The standard InChI is InChI=1S/C14H17BrClNO/c1-9-6-7-17(8-13(9)16)14(18)11-4-3-5-12(15)10(11)2/h3-5,9,13H,6-8H2,1-2H3. The maximum Gasteiger partial charge on any atom is 0.254 e. The van der Waals surface area contributed by atoms with Gasteiger partial charge in [0.1, 0.15) is 0 Å². The van der Waals surface area contributed by atoms with Crippen molar-refractivity contribution < 1.29 is 4.79 Å². The van der Waals surface area contributed by atoms with Crippen LogP contribution in [0.15, 0.2) is 22.7 Å². The maximum atomic E-state index is 12.5. The van der Waals surface area contributed by atoms with Gasteiger partial charge in [0.15, 0.2) is 0 Å². The Morgan fingerprint density at radius 3 is 2.89 bits per heavy atom. The second-order valence-corrected chi connectivity index (χ2v) is 6.36. The molecule has 0 N–H and O–H groups in total. The van der Waals surface area contributed by atoms with Crippen LogP contribution in [0.1, 0.15) is 29.3 Å². The van der Waals surface area contributed by atoms with Crippen molar-refractivity contribution in [2.24, 2.45) is 5.92 Å². The predicted molar refractivity (Wildman–Crippen MR) is 78.2 cm³/mol. The lowest BCUT2D eigenvalue weighted by atomic mass is 9.97. The number of piperidine rings is 1. The molecule has 1 aliphatic heterocycles. The van der Waals surface area contributed by atoms with Crippen LogP contribution >= 0.6 is 27.5 Å². The number of likely N-dealkylation sites (tertiary alicyclic amines) is 1. The molecule has 0 saturated carbocycles. The molecular formula is C14H17BrClNO. The number of nitrogens with zero attached hydrogens (tertiary/aromatic N) is 1. The number of carbonyl (C=O) groups excluding carboxylic acids is 1. The summed E-state index contributed by atoms with van der Waals surface area (Å²) < 4.78 is 0.973. The Kier molecular flexibility index (Phi) is 4.33. The third-order valence-electron chi connectivity index (χ3n) is 3.65. The van der Waals surface area contributed by atoms with Crippen molar-refractivity contribution in [3.63, 3.8) is 0 Å². The summed E-state index contributed by atoms with van der Waals surface area (Å²) >= 11 is 9.72. The summed E-state index contributed by atoms with van der Waals surface area (Å²) in [5.74, 6) is 0.575. The smallest absolute Gasteiger partial charge is 0.254 e. The molecule has 2 atom stereocenters. The molecule has 98 valence electrons. The van der Waals surface area contributed by atoms with Crippen LogP contribution in [0, 0.1) is 12.8 Å². The van der Waals surface area contributed by atoms with Crippen LogP contribution in [0.3, 0.4) is 0 Å². The molecule has 1 aromatic rings. The molecule has 1 saturated heterocycles. The van der Waals surface area contributed by atoms with Gasteiger partial charge in [-0.15, -0.1) is 11.6 Å². The van der Waals surface area contributed by atoms with Crippen molar-refractivity contribution in [3.05, 3.63) is 33.8 Å². The summed E-state index contributed by atoms with van der Waals surface area (Å²) in [5, 5.41) is 0.0650. The van der Waals surface area contributed by atoms with Crippen LogP contribution in [-0.4, -0.2) is 29.3 Å². The molecule has 0 radical (unpaired) electrons. The number of rotatable bonds is 1. The molecular weight excluding hydrogens is 314 g/mol. The van der Waals surface area contributed by atoms with E-state index in [1.165, 1.54) is 0 Å². The van der Waals surface area contributed by atoms with Crippen molar-refractivity contribution in [1.29, 1.82) is 0 Å². The number of benzene rings is 1. The third kappa shape index (κ3) is 2.72. The highest BCUT2D eigenvalue weighted by atomic mass is 79.9. The van der Waals surface area contributed by atoms with Crippen LogP contribution in [-0.2, 0) is 0 Å². The first kappa shape index (κ1) is 13.9. The molecule has 1 aromatic carbocycles. The zero-order valence-corrected chi connectivity index (χ0v) is 13.0. The summed E-state index contributed by atoms with van der Waals surface area (Å²) in [5.41, 5.74) is 1.76. The van der Waals surface area contributed by atoms with Gasteiger partial charge in [0.2, 0.25) is 0 Å². The number of amides is 1. The Morgan fingerprint density at radius 1 is 1.50 bits per heavy atom. The number of hydrogen-bond donors (Lipinski definition) is 0. The molecule has 2 rings (SSSR count). The minimum atomic E-state index is 0.0650. The average molecular weight is 331 g/mol. The van der Waals surface area contributed by atoms with Gasteiger partial charge in [-0.05, 0) is 37.0 Å². The van der Waals surface area contributed by atoms with Gasteiger partial charge >= 0.3 is 0 Å². The Labute approximate surface area is 121 Å². The monoisotopic (exact) mass is 329 g/mol. The molecule has 2 nitrogen and oxygen atoms in total. The SMILES string of the molecule is Cc1c(Br)cccc1C(=O)N1CCC(C)C(Cl)C1. The molecule has 1 amide bonds. The Bertz CT molecular complexity index is 463. The fourth-order valence-corrected chi connectivity index (χ4v) is 2.87. The minimum Gasteiger partial charge on any atom is -0.337 e. The van der Waals surface area contributed by atoms with Crippen LogP contribution in [0.2, 0.25) is 0 Å². The molecule has 0 aromatic heterocycles. The summed E-state index contributed by atoms with van der Waals surface area (Å²) in [7, 11) is 0. The fraction of sp³-hybridized carbons (Fsp3) is 0.500. The predicted octanol–water partition coefficient (Wildman–Crippen LogP) is 3.85. The second-order valence-electron chi connectivity index (χ2n) is 4.95. The third-order valence-corrected chi connectivity index (χ3v) is 5.08. The van der Waals surface area contributed by atoms with Crippen molar-refractivity contribution >= 4 is 33.4 Å². The largest absolute Gasteiger partial charge is 0.337 e. The second kappa shape index (κ2) is 5.62. The highest BCUT2D eigenvalue weighted by molar-refractivity contribution is 9.10. The van der Waals surface area contributed by atoms with Gasteiger partial charge in [-0.2, -0.15) is 0 Å². The zero-order chi connectivity index (χ0) is 13.3. The Hall–Kier alpha value is -0.540. The molecule has 1 aliphatic rings. The highest BCUT2D eigenvalue weighted by Crippen LogP contribution is 2.25. The summed E-state index contributed by atoms with van der Waals surface area (Å²) in [6.45, 7) is 5.55. The summed E-state index contributed by atoms with van der Waals surface area (Å²) in [6, 6.07) is 5.73. The first-order chi connectivity index (χ1) is 8.50. The van der Waals surface area contributed by atoms with E-state index in [1.54, 1.807) is 0 Å². The average Bonchev–Trinajstić information content (AvgIpc) is 2.35. The first-order valence-corrected chi connectivity index (χ1v) is 7.42. The molecule has 2 unspecified atom stereocenters. The van der Waals surface area contributed by atoms with Crippen molar-refractivity contribution in [2.75, 3.05) is 13.1 Å². The van der Waals surface area contributed by atoms with E-state index >= 15 is 0 Å². The number of carbonyl (C=O) groups is 1. The normalized spacial score (nSPS) is 24.1. The highest BCUT2D eigenvalue weighted by Gasteiger charge is 2.28. The van der Waals surface area contributed by atoms with E-state index in [1.807, 2.05) is 30.0 Å². The number of alkyl halides is 1. The lowest BCUT2D eigenvalue weighted by molar-refractivity contribution is 0.0700. The first-order valence-electron chi connectivity index (χ1n) is 6.19. The van der Waals surface area contributed by atoms with Gasteiger partial charge in [-0.1, -0.05) is 28.9 Å². The van der Waals surface area contributed by atoms with Gasteiger partial charge in [-0.25, -0.2) is 0 Å². The fourth-order valence-electron chi connectivity index (χ4n) is 2.22. The molecule has 1 heterocycles. The number of halogens is 2. The quantitative estimate of drug-likeness (QED) is 0.716. The molecule has 1 fully saturated rings. The van der Waals surface area contributed by atoms with Crippen molar-refractivity contribution in [3.8, 4) is 0 Å². The lowest BCUT2D eigenvalue weighted by Gasteiger charge is -2.34. The molecule has 0 bridgehead atoms. The van der Waals surface area contributed by atoms with E-state index in [0.29, 0.717) is 12.5 Å². The Balaban J connectivity index is 2.19. The van der Waals surface area contributed by atoms with E-state index in [2.05, 4.69) is 22.9 Å². The summed E-state index contributed by atoms with van der Waals surface area (Å²) in [4.78, 5) is 14.3. The van der Waals surface area contributed by atoms with Crippen LogP contribution in [0.25, 0.3) is 0 Å². The van der Waals surface area contributed by atoms with Crippen LogP contribution < -0.4 is 0 Å². The summed E-state index contributed by atoms with van der Waals surface area (Å²) in [6.07, 6.45) is 0.979. The molecule has 0 spiro atoms. The van der Waals surface area contributed by atoms with Gasteiger partial charge in [-0.3, -0.25) is 4.79 Å². The van der Waals surface area contributed by atoms with Gasteiger partial charge in [0.05, 0.1) is 5.38 Å². The van der Waals surface area contributed by atoms with Crippen LogP contribution in [0.4, 0.5) is 0 Å². The topological polar surface area (TPSA) is 20.3 Å². The van der Waals surface area contributed by atoms with E-state index in [9.17, 15) is 4.79 Å². The van der Waals surface area contributed by atoms with Gasteiger partial charge in [0, 0.05) is 23.1 Å².